The number of aliphatic hydroxyl groups excluding tert-OH is 1. The first-order valence-corrected chi connectivity index (χ1v) is 6.42. The van der Waals surface area contributed by atoms with Crippen LogP contribution < -0.4 is 11.0 Å². The third kappa shape index (κ3) is 2.86. The first-order chi connectivity index (χ1) is 9.55. The first-order valence-electron chi connectivity index (χ1n) is 6.42. The Morgan fingerprint density at radius 1 is 1.65 bits per heavy atom. The Morgan fingerprint density at radius 3 is 2.95 bits per heavy atom. The highest BCUT2D eigenvalue weighted by atomic mass is 16.3. The Hall–Kier alpha value is -2.20. The van der Waals surface area contributed by atoms with Gasteiger partial charge in [0, 0.05) is 19.7 Å². The topological polar surface area (TPSA) is 108 Å². The quantitative estimate of drug-likeness (QED) is 0.824. The summed E-state index contributed by atoms with van der Waals surface area (Å²) in [5.41, 5.74) is -0.500. The van der Waals surface area contributed by atoms with Crippen molar-refractivity contribution in [1.82, 2.24) is 9.55 Å². The molecule has 1 aliphatic carbocycles. The molecule has 1 saturated carbocycles. The van der Waals surface area contributed by atoms with Crippen LogP contribution in [0.5, 0.6) is 0 Å². The average Bonchev–Trinajstić information content (AvgIpc) is 2.81. The number of aliphatic hydroxyl groups is 1. The van der Waals surface area contributed by atoms with Crippen molar-refractivity contribution in [1.29, 1.82) is 5.26 Å². The summed E-state index contributed by atoms with van der Waals surface area (Å²) in [6, 6.07) is 3.44. The molecule has 1 heterocycles. The van der Waals surface area contributed by atoms with Gasteiger partial charge < -0.3 is 10.4 Å². The minimum atomic E-state index is -0.500. The Kier molecular flexibility index (Phi) is 4.15. The van der Waals surface area contributed by atoms with Crippen LogP contribution in [0.25, 0.3) is 0 Å². The zero-order chi connectivity index (χ0) is 14.7. The number of nitrogens with zero attached hydrogens (tertiary/aromatic N) is 3. The van der Waals surface area contributed by atoms with Crippen LogP contribution in [-0.2, 0) is 4.79 Å². The number of nitrogens with one attached hydrogen (secondary N) is 1. The Bertz CT molecular complexity index is 604. The largest absolute Gasteiger partial charge is 0.396 e. The lowest BCUT2D eigenvalue weighted by molar-refractivity contribution is -0.114. The molecule has 3 unspecified atom stereocenters. The molecular weight excluding hydrogens is 260 g/mol. The van der Waals surface area contributed by atoms with E-state index < -0.39 is 5.69 Å². The van der Waals surface area contributed by atoms with Crippen molar-refractivity contribution in [2.24, 2.45) is 11.8 Å². The summed E-state index contributed by atoms with van der Waals surface area (Å²) in [6.07, 6.45) is 2.70. The van der Waals surface area contributed by atoms with Gasteiger partial charge >= 0.3 is 5.69 Å². The molecule has 0 saturated heterocycles. The highest BCUT2D eigenvalue weighted by Gasteiger charge is 2.35. The van der Waals surface area contributed by atoms with E-state index in [2.05, 4.69) is 16.4 Å². The molecule has 0 spiro atoms. The van der Waals surface area contributed by atoms with Gasteiger partial charge in [0.2, 0.25) is 5.91 Å². The van der Waals surface area contributed by atoms with Gasteiger partial charge in [-0.05, 0) is 24.8 Å². The minimum absolute atomic E-state index is 0.0147. The van der Waals surface area contributed by atoms with Crippen LogP contribution in [0.3, 0.4) is 0 Å². The number of nitriles is 1. The molecule has 1 fully saturated rings. The lowest BCUT2D eigenvalue weighted by atomic mass is 10.1. The van der Waals surface area contributed by atoms with Gasteiger partial charge in [-0.1, -0.05) is 0 Å². The summed E-state index contributed by atoms with van der Waals surface area (Å²) in [5, 5.41) is 20.8. The average molecular weight is 276 g/mol. The van der Waals surface area contributed by atoms with Crippen LogP contribution in [0.2, 0.25) is 0 Å². The lowest BCUT2D eigenvalue weighted by Gasteiger charge is -2.16. The molecule has 1 amide bonds. The Balaban J connectivity index is 2.27. The minimum Gasteiger partial charge on any atom is -0.396 e. The van der Waals surface area contributed by atoms with Crippen molar-refractivity contribution < 1.29 is 9.90 Å². The van der Waals surface area contributed by atoms with Crippen molar-refractivity contribution in [3.63, 3.8) is 0 Å². The molecule has 2 N–H and O–H groups in total. The van der Waals surface area contributed by atoms with Gasteiger partial charge in [0.25, 0.3) is 0 Å². The van der Waals surface area contributed by atoms with E-state index in [1.54, 1.807) is 0 Å². The van der Waals surface area contributed by atoms with Gasteiger partial charge in [0.05, 0.1) is 18.0 Å². The van der Waals surface area contributed by atoms with E-state index in [-0.39, 0.29) is 36.2 Å². The molecule has 1 aliphatic rings. The van der Waals surface area contributed by atoms with E-state index in [4.69, 9.17) is 5.26 Å². The third-order valence-corrected chi connectivity index (χ3v) is 3.54. The maximum absolute atomic E-state index is 12.0. The second kappa shape index (κ2) is 5.84. The predicted octanol–water partition coefficient (Wildman–Crippen LogP) is 0.285. The summed E-state index contributed by atoms with van der Waals surface area (Å²) in [7, 11) is 0. The Labute approximate surface area is 115 Å². The van der Waals surface area contributed by atoms with Crippen LogP contribution in [-0.4, -0.2) is 27.2 Å². The van der Waals surface area contributed by atoms with Crippen molar-refractivity contribution in [2.75, 3.05) is 11.9 Å². The van der Waals surface area contributed by atoms with Gasteiger partial charge in [-0.3, -0.25) is 9.36 Å². The Morgan fingerprint density at radius 2 is 2.40 bits per heavy atom. The van der Waals surface area contributed by atoms with Gasteiger partial charge in [-0.2, -0.15) is 10.2 Å². The molecule has 7 nitrogen and oxygen atoms in total. The molecule has 20 heavy (non-hydrogen) atoms. The number of carbonyl (C=O) groups excluding carboxylic acids is 1. The molecule has 7 heteroatoms. The zero-order valence-electron chi connectivity index (χ0n) is 11.1. The van der Waals surface area contributed by atoms with Gasteiger partial charge in [-0.15, -0.1) is 0 Å². The normalized spacial score (nSPS) is 25.1. The van der Waals surface area contributed by atoms with Crippen molar-refractivity contribution in [3.05, 3.63) is 22.7 Å². The summed E-state index contributed by atoms with van der Waals surface area (Å²) in [4.78, 5) is 26.7. The summed E-state index contributed by atoms with van der Waals surface area (Å²) in [6.45, 7) is 1.35. The maximum Gasteiger partial charge on any atom is 0.349 e. The van der Waals surface area contributed by atoms with E-state index in [9.17, 15) is 14.7 Å². The lowest BCUT2D eigenvalue weighted by Crippen LogP contribution is -2.29. The number of hydrogen-bond donors (Lipinski definition) is 2. The molecule has 2 rings (SSSR count). The second-order valence-electron chi connectivity index (χ2n) is 5.01. The highest BCUT2D eigenvalue weighted by molar-refractivity contribution is 5.87. The fraction of sp³-hybridized carbons (Fsp3) is 0.538. The molecule has 1 aromatic heterocycles. The van der Waals surface area contributed by atoms with Gasteiger partial charge in [0.1, 0.15) is 5.82 Å². The fourth-order valence-corrected chi connectivity index (χ4v) is 2.63. The van der Waals surface area contributed by atoms with E-state index >= 15 is 0 Å². The first kappa shape index (κ1) is 14.2. The van der Waals surface area contributed by atoms with Crippen LogP contribution in [0.4, 0.5) is 5.82 Å². The molecule has 3 atom stereocenters. The van der Waals surface area contributed by atoms with E-state index in [0.717, 1.165) is 0 Å². The summed E-state index contributed by atoms with van der Waals surface area (Å²) in [5.74, 6) is -0.375. The molecule has 106 valence electrons. The van der Waals surface area contributed by atoms with Crippen LogP contribution in [0, 0.1) is 23.2 Å². The van der Waals surface area contributed by atoms with Crippen molar-refractivity contribution in [3.8, 4) is 6.07 Å². The standard InChI is InChI=1S/C13H16N4O3/c1-8(19)15-12-2-3-17(13(20)16-12)11-5-9(7-18)4-10(11)6-14/h2-3,9-11,18H,4-5,7H2,1H3,(H,15,16,19,20). The number of carbonyl (C=O) groups is 1. The molecule has 1 aromatic rings. The van der Waals surface area contributed by atoms with Crippen LogP contribution in [0.1, 0.15) is 25.8 Å². The monoisotopic (exact) mass is 276 g/mol. The zero-order valence-corrected chi connectivity index (χ0v) is 11.1. The van der Waals surface area contributed by atoms with Crippen LogP contribution in [0.15, 0.2) is 17.1 Å². The maximum atomic E-state index is 12.0. The van der Waals surface area contributed by atoms with Crippen molar-refractivity contribution >= 4 is 11.7 Å². The van der Waals surface area contributed by atoms with E-state index in [1.807, 2.05) is 0 Å². The smallest absolute Gasteiger partial charge is 0.349 e. The number of aromatic nitrogens is 2. The van der Waals surface area contributed by atoms with Gasteiger partial charge in [-0.25, -0.2) is 4.79 Å². The highest BCUT2D eigenvalue weighted by Crippen LogP contribution is 2.38. The number of anilines is 1. The third-order valence-electron chi connectivity index (χ3n) is 3.54. The molecule has 0 radical (unpaired) electrons. The van der Waals surface area contributed by atoms with E-state index in [0.29, 0.717) is 12.8 Å². The molecule has 0 aromatic carbocycles. The predicted molar refractivity (Wildman–Crippen MR) is 70.8 cm³/mol. The van der Waals surface area contributed by atoms with Crippen molar-refractivity contribution in [2.45, 2.75) is 25.8 Å². The molecule has 0 bridgehead atoms. The number of hydrogen-bond acceptors (Lipinski definition) is 5. The molecule has 0 aliphatic heterocycles. The van der Waals surface area contributed by atoms with Gasteiger partial charge in [0.15, 0.2) is 0 Å². The number of rotatable bonds is 3. The SMILES string of the molecule is CC(=O)Nc1ccn(C2CC(CO)CC2C#N)c(=O)n1. The summed E-state index contributed by atoms with van der Waals surface area (Å²) < 4.78 is 1.41. The molecular formula is C13H16N4O3. The second-order valence-corrected chi connectivity index (χ2v) is 5.01. The van der Waals surface area contributed by atoms with Crippen LogP contribution >= 0.6 is 0 Å². The van der Waals surface area contributed by atoms with E-state index in [1.165, 1.54) is 23.8 Å². The fourth-order valence-electron chi connectivity index (χ4n) is 2.63. The number of amides is 1. The summed E-state index contributed by atoms with van der Waals surface area (Å²) >= 11 is 0.